The lowest BCUT2D eigenvalue weighted by atomic mass is 10.2. The van der Waals surface area contributed by atoms with Crippen LogP contribution in [0, 0.1) is 0 Å². The van der Waals surface area contributed by atoms with Crippen molar-refractivity contribution in [2.24, 2.45) is 5.73 Å². The largest absolute Gasteiger partial charge is 0.496 e. The third-order valence-corrected chi connectivity index (χ3v) is 2.36. The molecule has 6 nitrogen and oxygen atoms in total. The monoisotopic (exact) mass is 240 g/mol. The van der Waals surface area contributed by atoms with Crippen molar-refractivity contribution in [3.63, 3.8) is 0 Å². The van der Waals surface area contributed by atoms with Gasteiger partial charge in [-0.3, -0.25) is 4.90 Å². The van der Waals surface area contributed by atoms with Crippen molar-refractivity contribution < 1.29 is 19.0 Å². The number of carbonyl (C=O) groups is 1. The van der Waals surface area contributed by atoms with Crippen molar-refractivity contribution in [1.29, 1.82) is 0 Å². The van der Waals surface area contributed by atoms with E-state index < -0.39 is 6.03 Å². The summed E-state index contributed by atoms with van der Waals surface area (Å²) in [5, 5.41) is 0. The number of rotatable bonds is 4. The van der Waals surface area contributed by atoms with Crippen LogP contribution in [0.15, 0.2) is 12.1 Å². The van der Waals surface area contributed by atoms with Gasteiger partial charge in [-0.05, 0) is 0 Å². The summed E-state index contributed by atoms with van der Waals surface area (Å²) in [6, 6.07) is 2.70. The topological polar surface area (TPSA) is 74.0 Å². The molecule has 0 heterocycles. The van der Waals surface area contributed by atoms with Crippen LogP contribution in [0.2, 0.25) is 0 Å². The Kier molecular flexibility index (Phi) is 4.03. The Morgan fingerprint density at radius 3 is 1.88 bits per heavy atom. The molecule has 0 atom stereocenters. The van der Waals surface area contributed by atoms with Gasteiger partial charge in [0.1, 0.15) is 22.9 Å². The SMILES string of the molecule is COc1cc(OC)c(N(C)C(N)=O)c(OC)c1. The molecular formula is C11H16N2O4. The Morgan fingerprint density at radius 2 is 1.59 bits per heavy atom. The van der Waals surface area contributed by atoms with Crippen LogP contribution in [0.1, 0.15) is 0 Å². The van der Waals surface area contributed by atoms with Gasteiger partial charge in [0.2, 0.25) is 0 Å². The maximum Gasteiger partial charge on any atom is 0.319 e. The Balaban J connectivity index is 3.39. The van der Waals surface area contributed by atoms with Crippen LogP contribution < -0.4 is 24.8 Å². The van der Waals surface area contributed by atoms with Crippen molar-refractivity contribution in [2.75, 3.05) is 33.3 Å². The smallest absolute Gasteiger partial charge is 0.319 e. The van der Waals surface area contributed by atoms with Crippen molar-refractivity contribution >= 4 is 11.7 Å². The predicted octanol–water partition coefficient (Wildman–Crippen LogP) is 1.23. The van der Waals surface area contributed by atoms with Crippen molar-refractivity contribution in [3.05, 3.63) is 12.1 Å². The first-order valence-electron chi connectivity index (χ1n) is 4.88. The van der Waals surface area contributed by atoms with Crippen molar-refractivity contribution in [1.82, 2.24) is 0 Å². The standard InChI is InChI=1S/C11H16N2O4/c1-13(11(12)14)10-8(16-3)5-7(15-2)6-9(10)17-4/h5-6H,1-4H3,(H2,12,14). The van der Waals surface area contributed by atoms with E-state index in [0.717, 1.165) is 0 Å². The molecule has 0 saturated carbocycles. The zero-order chi connectivity index (χ0) is 13.0. The molecule has 0 aliphatic heterocycles. The molecular weight excluding hydrogens is 224 g/mol. The molecule has 0 fully saturated rings. The summed E-state index contributed by atoms with van der Waals surface area (Å²) < 4.78 is 15.5. The highest BCUT2D eigenvalue weighted by atomic mass is 16.5. The minimum absolute atomic E-state index is 0.447. The van der Waals surface area contributed by atoms with E-state index in [2.05, 4.69) is 0 Å². The highest BCUT2D eigenvalue weighted by Gasteiger charge is 2.19. The fraction of sp³-hybridized carbons (Fsp3) is 0.364. The lowest BCUT2D eigenvalue weighted by Gasteiger charge is -2.21. The molecule has 0 aliphatic rings. The molecule has 1 aromatic carbocycles. The molecule has 2 amide bonds. The van der Waals surface area contributed by atoms with Crippen LogP contribution in [0.25, 0.3) is 0 Å². The average Bonchev–Trinajstić information content (AvgIpc) is 2.35. The summed E-state index contributed by atoms with van der Waals surface area (Å²) in [7, 11) is 6.06. The summed E-state index contributed by atoms with van der Waals surface area (Å²) in [6.45, 7) is 0. The average molecular weight is 240 g/mol. The first kappa shape index (κ1) is 13.0. The maximum absolute atomic E-state index is 11.2. The predicted molar refractivity (Wildman–Crippen MR) is 64.1 cm³/mol. The van der Waals surface area contributed by atoms with E-state index in [1.54, 1.807) is 12.1 Å². The number of hydrogen-bond donors (Lipinski definition) is 1. The van der Waals surface area contributed by atoms with E-state index in [9.17, 15) is 4.79 Å². The second-order valence-electron chi connectivity index (χ2n) is 3.28. The quantitative estimate of drug-likeness (QED) is 0.858. The number of hydrogen-bond acceptors (Lipinski definition) is 4. The van der Waals surface area contributed by atoms with Gasteiger partial charge in [-0.2, -0.15) is 0 Å². The van der Waals surface area contributed by atoms with Crippen molar-refractivity contribution in [2.45, 2.75) is 0 Å². The van der Waals surface area contributed by atoms with Gasteiger partial charge in [0.15, 0.2) is 0 Å². The van der Waals surface area contributed by atoms with Gasteiger partial charge in [-0.25, -0.2) is 4.79 Å². The number of methoxy groups -OCH3 is 3. The minimum Gasteiger partial charge on any atom is -0.496 e. The first-order valence-corrected chi connectivity index (χ1v) is 4.88. The second kappa shape index (κ2) is 5.29. The third-order valence-electron chi connectivity index (χ3n) is 2.36. The van der Waals surface area contributed by atoms with E-state index in [1.165, 1.54) is 33.3 Å². The van der Waals surface area contributed by atoms with Crippen LogP contribution in [0.5, 0.6) is 17.2 Å². The summed E-state index contributed by atoms with van der Waals surface area (Å²) in [4.78, 5) is 12.4. The summed E-state index contributed by atoms with van der Waals surface area (Å²) in [6.07, 6.45) is 0. The molecule has 0 bridgehead atoms. The number of carbonyl (C=O) groups excluding carboxylic acids is 1. The van der Waals surface area contributed by atoms with E-state index in [-0.39, 0.29) is 0 Å². The Hall–Kier alpha value is -2.11. The molecule has 6 heteroatoms. The summed E-state index contributed by atoms with van der Waals surface area (Å²) >= 11 is 0. The van der Waals surface area contributed by atoms with Gasteiger partial charge in [-0.15, -0.1) is 0 Å². The van der Waals surface area contributed by atoms with Gasteiger partial charge < -0.3 is 19.9 Å². The van der Waals surface area contributed by atoms with Gasteiger partial charge in [0.25, 0.3) is 0 Å². The molecule has 0 unspecified atom stereocenters. The number of urea groups is 1. The number of nitrogens with zero attached hydrogens (tertiary/aromatic N) is 1. The fourth-order valence-corrected chi connectivity index (χ4v) is 1.43. The van der Waals surface area contributed by atoms with Crippen LogP contribution >= 0.6 is 0 Å². The van der Waals surface area contributed by atoms with E-state index >= 15 is 0 Å². The Bertz CT molecular complexity index is 395. The fourth-order valence-electron chi connectivity index (χ4n) is 1.43. The van der Waals surface area contributed by atoms with Gasteiger partial charge in [0.05, 0.1) is 21.3 Å². The normalized spacial score (nSPS) is 9.65. The third kappa shape index (κ3) is 2.52. The zero-order valence-electron chi connectivity index (χ0n) is 10.3. The van der Waals surface area contributed by atoms with Gasteiger partial charge >= 0.3 is 6.03 Å². The minimum atomic E-state index is -0.605. The van der Waals surface area contributed by atoms with Crippen LogP contribution in [-0.4, -0.2) is 34.4 Å². The van der Waals surface area contributed by atoms with E-state index in [4.69, 9.17) is 19.9 Å². The van der Waals surface area contributed by atoms with Crippen LogP contribution in [0.3, 0.4) is 0 Å². The number of nitrogens with two attached hydrogens (primary N) is 1. The Morgan fingerprint density at radius 1 is 1.12 bits per heavy atom. The Labute approximate surface area is 99.9 Å². The molecule has 0 aromatic heterocycles. The summed E-state index contributed by atoms with van der Waals surface area (Å²) in [5.41, 5.74) is 5.69. The molecule has 0 spiro atoms. The second-order valence-corrected chi connectivity index (χ2v) is 3.28. The lowest BCUT2D eigenvalue weighted by Crippen LogP contribution is -2.32. The molecule has 0 saturated heterocycles. The maximum atomic E-state index is 11.2. The number of anilines is 1. The molecule has 0 radical (unpaired) electrons. The van der Waals surface area contributed by atoms with Crippen molar-refractivity contribution in [3.8, 4) is 17.2 Å². The van der Waals surface area contributed by atoms with Gasteiger partial charge in [-0.1, -0.05) is 0 Å². The molecule has 17 heavy (non-hydrogen) atoms. The highest BCUT2D eigenvalue weighted by molar-refractivity contribution is 5.94. The molecule has 94 valence electrons. The lowest BCUT2D eigenvalue weighted by molar-refractivity contribution is 0.254. The molecule has 0 aliphatic carbocycles. The highest BCUT2D eigenvalue weighted by Crippen LogP contribution is 2.40. The number of amides is 2. The number of primary amides is 1. The van der Waals surface area contributed by atoms with Crippen LogP contribution in [-0.2, 0) is 0 Å². The number of ether oxygens (including phenoxy) is 3. The molecule has 2 N–H and O–H groups in total. The van der Waals surface area contributed by atoms with E-state index in [1.807, 2.05) is 0 Å². The zero-order valence-corrected chi connectivity index (χ0v) is 10.3. The molecule has 1 aromatic rings. The first-order chi connectivity index (χ1) is 8.04. The summed E-state index contributed by atoms with van der Waals surface area (Å²) in [5.74, 6) is 1.46. The van der Waals surface area contributed by atoms with Gasteiger partial charge in [0, 0.05) is 19.2 Å². The molecule has 1 rings (SSSR count). The number of benzene rings is 1. The van der Waals surface area contributed by atoms with E-state index in [0.29, 0.717) is 22.9 Å². The van der Waals surface area contributed by atoms with Crippen LogP contribution in [0.4, 0.5) is 10.5 Å².